The predicted octanol–water partition coefficient (Wildman–Crippen LogP) is 1.69. The van der Waals surface area contributed by atoms with Crippen molar-refractivity contribution in [2.24, 2.45) is 7.05 Å². The van der Waals surface area contributed by atoms with Crippen molar-refractivity contribution in [1.82, 2.24) is 20.2 Å². The van der Waals surface area contributed by atoms with Crippen LogP contribution in [0, 0.1) is 0 Å². The maximum atomic E-state index is 4.18. The summed E-state index contributed by atoms with van der Waals surface area (Å²) in [5.41, 5.74) is 4.76. The summed E-state index contributed by atoms with van der Waals surface area (Å²) < 4.78 is 1.92. The Morgan fingerprint density at radius 2 is 2.06 bits per heavy atom. The summed E-state index contributed by atoms with van der Waals surface area (Å²) in [7, 11) is 1.99. The van der Waals surface area contributed by atoms with Crippen molar-refractivity contribution >= 4 is 0 Å². The number of piperidine rings is 1. The van der Waals surface area contributed by atoms with Gasteiger partial charge in [0, 0.05) is 25.3 Å². The van der Waals surface area contributed by atoms with Gasteiger partial charge in [-0.05, 0) is 32.8 Å². The molecule has 90 valence electrons. The zero-order valence-electron chi connectivity index (χ0n) is 10.5. The van der Waals surface area contributed by atoms with Crippen LogP contribution in [0.15, 0.2) is 12.3 Å². The van der Waals surface area contributed by atoms with Crippen LogP contribution in [0.2, 0.25) is 0 Å². The second-order valence-corrected chi connectivity index (χ2v) is 4.82. The van der Waals surface area contributed by atoms with E-state index in [1.165, 1.54) is 25.0 Å². The molecule has 0 amide bonds. The molecule has 4 heteroatoms. The van der Waals surface area contributed by atoms with Crippen LogP contribution >= 0.6 is 0 Å². The molecule has 2 rings (SSSR count). The van der Waals surface area contributed by atoms with E-state index in [9.17, 15) is 0 Å². The van der Waals surface area contributed by atoms with Crippen LogP contribution in [0.25, 0.3) is 0 Å². The van der Waals surface area contributed by atoms with Crippen LogP contribution in [0.3, 0.4) is 0 Å². The van der Waals surface area contributed by atoms with Gasteiger partial charge in [-0.25, -0.2) is 10.4 Å². The SMILES string of the molecule is CC1CCCC(C)N1NCc1ccnn1C. The van der Waals surface area contributed by atoms with E-state index in [0.717, 1.165) is 6.54 Å². The Morgan fingerprint density at radius 3 is 2.62 bits per heavy atom. The van der Waals surface area contributed by atoms with Gasteiger partial charge in [-0.1, -0.05) is 6.42 Å². The molecular weight excluding hydrogens is 200 g/mol. The molecule has 1 fully saturated rings. The summed E-state index contributed by atoms with van der Waals surface area (Å²) in [6.45, 7) is 5.46. The van der Waals surface area contributed by atoms with Crippen molar-refractivity contribution in [3.8, 4) is 0 Å². The third-order valence-electron chi connectivity index (χ3n) is 3.56. The number of aromatic nitrogens is 2. The zero-order valence-corrected chi connectivity index (χ0v) is 10.5. The molecule has 1 aliphatic rings. The lowest BCUT2D eigenvalue weighted by atomic mass is 10.00. The first kappa shape index (κ1) is 11.6. The molecule has 0 spiro atoms. The van der Waals surface area contributed by atoms with Crippen LogP contribution < -0.4 is 5.43 Å². The molecule has 0 saturated carbocycles. The molecular formula is C12H22N4. The highest BCUT2D eigenvalue weighted by molar-refractivity contribution is 4.99. The van der Waals surface area contributed by atoms with E-state index in [1.807, 2.05) is 17.9 Å². The fraction of sp³-hybridized carbons (Fsp3) is 0.750. The molecule has 1 saturated heterocycles. The van der Waals surface area contributed by atoms with E-state index in [1.54, 1.807) is 0 Å². The Labute approximate surface area is 97.6 Å². The Hall–Kier alpha value is -0.870. The van der Waals surface area contributed by atoms with Crippen LogP contribution in [0.5, 0.6) is 0 Å². The highest BCUT2D eigenvalue weighted by Gasteiger charge is 2.24. The van der Waals surface area contributed by atoms with Crippen LogP contribution in [0.1, 0.15) is 38.8 Å². The van der Waals surface area contributed by atoms with E-state index in [0.29, 0.717) is 12.1 Å². The van der Waals surface area contributed by atoms with Gasteiger partial charge in [0.05, 0.1) is 12.2 Å². The minimum absolute atomic E-state index is 0.636. The maximum absolute atomic E-state index is 4.18. The number of rotatable bonds is 3. The van der Waals surface area contributed by atoms with Gasteiger partial charge in [-0.2, -0.15) is 5.10 Å². The predicted molar refractivity (Wildman–Crippen MR) is 64.7 cm³/mol. The first-order chi connectivity index (χ1) is 7.68. The van der Waals surface area contributed by atoms with Crippen molar-refractivity contribution in [2.75, 3.05) is 0 Å². The first-order valence-electron chi connectivity index (χ1n) is 6.17. The molecule has 0 bridgehead atoms. The van der Waals surface area contributed by atoms with Crippen LogP contribution in [-0.4, -0.2) is 26.9 Å². The molecule has 2 heterocycles. The van der Waals surface area contributed by atoms with E-state index in [4.69, 9.17) is 0 Å². The number of aryl methyl sites for hydroxylation is 1. The third kappa shape index (κ3) is 2.44. The summed E-state index contributed by atoms with van der Waals surface area (Å²) in [6, 6.07) is 3.33. The molecule has 1 N–H and O–H groups in total. The Bertz CT molecular complexity index is 324. The molecule has 1 aliphatic heterocycles. The largest absolute Gasteiger partial charge is 0.271 e. The minimum Gasteiger partial charge on any atom is -0.271 e. The molecule has 16 heavy (non-hydrogen) atoms. The summed E-state index contributed by atoms with van der Waals surface area (Å²) in [5.74, 6) is 0. The summed E-state index contributed by atoms with van der Waals surface area (Å²) in [4.78, 5) is 0. The van der Waals surface area contributed by atoms with Crippen molar-refractivity contribution < 1.29 is 0 Å². The monoisotopic (exact) mass is 222 g/mol. The minimum atomic E-state index is 0.636. The zero-order chi connectivity index (χ0) is 11.5. The average Bonchev–Trinajstić information content (AvgIpc) is 2.64. The molecule has 0 radical (unpaired) electrons. The highest BCUT2D eigenvalue weighted by Crippen LogP contribution is 2.20. The normalized spacial score (nSPS) is 27.2. The lowest BCUT2D eigenvalue weighted by Crippen LogP contribution is -2.51. The van der Waals surface area contributed by atoms with Gasteiger partial charge in [-0.15, -0.1) is 0 Å². The van der Waals surface area contributed by atoms with Gasteiger partial charge in [0.1, 0.15) is 0 Å². The van der Waals surface area contributed by atoms with E-state index < -0.39 is 0 Å². The summed E-state index contributed by atoms with van der Waals surface area (Å²) >= 11 is 0. The topological polar surface area (TPSA) is 33.1 Å². The first-order valence-corrected chi connectivity index (χ1v) is 6.17. The number of hydrogen-bond donors (Lipinski definition) is 1. The fourth-order valence-corrected chi connectivity index (χ4v) is 2.48. The molecule has 1 aromatic rings. The van der Waals surface area contributed by atoms with Gasteiger partial charge in [0.15, 0.2) is 0 Å². The number of nitrogens with zero attached hydrogens (tertiary/aromatic N) is 3. The average molecular weight is 222 g/mol. The summed E-state index contributed by atoms with van der Waals surface area (Å²) in [6.07, 6.45) is 5.79. The quantitative estimate of drug-likeness (QED) is 0.845. The standard InChI is InChI=1S/C12H22N4/c1-10-5-4-6-11(2)16(10)14-9-12-7-8-13-15(12)3/h7-8,10-11,14H,4-6,9H2,1-3H3. The van der Waals surface area contributed by atoms with E-state index in [2.05, 4.69) is 35.4 Å². The Morgan fingerprint density at radius 1 is 1.38 bits per heavy atom. The van der Waals surface area contributed by atoms with Gasteiger partial charge in [0.25, 0.3) is 0 Å². The van der Waals surface area contributed by atoms with Crippen LogP contribution in [0.4, 0.5) is 0 Å². The van der Waals surface area contributed by atoms with Gasteiger partial charge < -0.3 is 0 Å². The third-order valence-corrected chi connectivity index (χ3v) is 3.56. The Balaban J connectivity index is 1.91. The Kier molecular flexibility index (Phi) is 3.61. The van der Waals surface area contributed by atoms with Gasteiger partial charge in [-0.3, -0.25) is 4.68 Å². The van der Waals surface area contributed by atoms with Crippen molar-refractivity contribution in [3.63, 3.8) is 0 Å². The lowest BCUT2D eigenvalue weighted by molar-refractivity contribution is 0.0427. The molecule has 0 aliphatic carbocycles. The van der Waals surface area contributed by atoms with Crippen LogP contribution in [-0.2, 0) is 13.6 Å². The fourth-order valence-electron chi connectivity index (χ4n) is 2.48. The van der Waals surface area contributed by atoms with Crippen molar-refractivity contribution in [2.45, 2.75) is 51.7 Å². The van der Waals surface area contributed by atoms with Crippen molar-refractivity contribution in [1.29, 1.82) is 0 Å². The maximum Gasteiger partial charge on any atom is 0.0532 e. The smallest absolute Gasteiger partial charge is 0.0532 e. The number of nitrogens with one attached hydrogen (secondary N) is 1. The highest BCUT2D eigenvalue weighted by atomic mass is 15.5. The second-order valence-electron chi connectivity index (χ2n) is 4.82. The van der Waals surface area contributed by atoms with E-state index in [-0.39, 0.29) is 0 Å². The van der Waals surface area contributed by atoms with Gasteiger partial charge >= 0.3 is 0 Å². The summed E-state index contributed by atoms with van der Waals surface area (Å²) in [5, 5.41) is 6.58. The molecule has 4 nitrogen and oxygen atoms in total. The van der Waals surface area contributed by atoms with E-state index >= 15 is 0 Å². The second kappa shape index (κ2) is 4.97. The lowest BCUT2D eigenvalue weighted by Gasteiger charge is -2.39. The van der Waals surface area contributed by atoms with Crippen molar-refractivity contribution in [3.05, 3.63) is 18.0 Å². The molecule has 1 aromatic heterocycles. The molecule has 2 unspecified atom stereocenters. The van der Waals surface area contributed by atoms with Gasteiger partial charge in [0.2, 0.25) is 0 Å². The molecule has 2 atom stereocenters. The molecule has 0 aromatic carbocycles. The number of hydrazine groups is 1. The number of hydrogen-bond acceptors (Lipinski definition) is 3.